The zero-order valence-electron chi connectivity index (χ0n) is 42.2. The molecule has 1 aliphatic heterocycles. The molecule has 2 aromatic heterocycles. The summed E-state index contributed by atoms with van der Waals surface area (Å²) in [6.45, 7) is 15.4. The maximum atomic E-state index is 16.3. The van der Waals surface area contributed by atoms with Gasteiger partial charge in [0.1, 0.15) is 5.82 Å². The number of rotatable bonds is 8. The predicted molar refractivity (Wildman–Crippen MR) is 266 cm³/mol. The maximum absolute atomic E-state index is 16.3. The average Bonchev–Trinajstić information content (AvgIpc) is 3.92. The quantitative estimate of drug-likeness (QED) is 0.0657. The SMILES string of the molecule is [2H]C(C)(C)c1cc(Oc2[c-]c3c(cc2)c2ccccc2n3-c2cc(C(C)(C)C)ccn2)[c-]c(N2[CH-]N(c3c(-c4c(F)c(F)c(F)c(F)c4F)cc(C(C)(C)C)cc3-c3c(F)c(F)c(F)c(F)c3F)c3ccccc32)c1.[Pt]. The molecule has 0 atom stereocenters. The Morgan fingerprint density at radius 2 is 1.08 bits per heavy atom. The standard InChI is InChI=1S/C59H43F10N4O.Pt/c1-29(2)30-21-33(26-35(22-30)74-34-17-18-37-36-13-9-10-14-40(36)73(43(37)27-34)44-25-31(19-20-70-44)58(3,4)5)71-28-72(42-16-12-11-15-41(42)71)57-38(45-47(60)51(64)55(68)52(65)48(45)61)23-32(59(6,7)8)24-39(57)46-49(62)53(66)56(69)54(67)50(46)63;/h9-25,28-29H,1-8H3;/q-3;/i29D;. The molecule has 0 saturated carbocycles. The van der Waals surface area contributed by atoms with Crippen molar-refractivity contribution in [2.75, 3.05) is 9.80 Å². The van der Waals surface area contributed by atoms with Crippen LogP contribution in [0.5, 0.6) is 11.5 Å². The molecule has 0 unspecified atom stereocenters. The van der Waals surface area contributed by atoms with Crippen LogP contribution in [-0.2, 0) is 31.9 Å². The summed E-state index contributed by atoms with van der Waals surface area (Å²) in [5, 5.41) is 1.78. The first-order valence-electron chi connectivity index (χ1n) is 23.7. The Morgan fingerprint density at radius 1 is 0.560 bits per heavy atom. The number of hydrogen-bond donors (Lipinski definition) is 0. The van der Waals surface area contributed by atoms with Gasteiger partial charge in [-0.25, -0.2) is 48.9 Å². The van der Waals surface area contributed by atoms with Crippen LogP contribution in [-0.4, -0.2) is 9.55 Å². The monoisotopic (exact) mass is 1210 g/mol. The van der Waals surface area contributed by atoms with Crippen molar-refractivity contribution >= 4 is 44.6 Å². The van der Waals surface area contributed by atoms with Crippen LogP contribution >= 0.6 is 0 Å². The average molecular weight is 1210 g/mol. The van der Waals surface area contributed by atoms with Gasteiger partial charge in [0.25, 0.3) is 0 Å². The fraction of sp³-hybridized carbons (Fsp3) is 0.186. The molecule has 388 valence electrons. The van der Waals surface area contributed by atoms with Crippen LogP contribution in [0.3, 0.4) is 0 Å². The van der Waals surface area contributed by atoms with E-state index in [0.29, 0.717) is 16.9 Å². The Bertz CT molecular complexity index is 3690. The molecule has 5 nitrogen and oxygen atoms in total. The topological polar surface area (TPSA) is 33.5 Å². The summed E-state index contributed by atoms with van der Waals surface area (Å²) in [4.78, 5) is 7.27. The molecule has 75 heavy (non-hydrogen) atoms. The fourth-order valence-electron chi connectivity index (χ4n) is 9.17. The van der Waals surface area contributed by atoms with Crippen molar-refractivity contribution in [3.05, 3.63) is 197 Å². The van der Waals surface area contributed by atoms with E-state index in [1.807, 2.05) is 47.0 Å². The van der Waals surface area contributed by atoms with Crippen molar-refractivity contribution in [3.63, 3.8) is 0 Å². The molecule has 7 aromatic carbocycles. The van der Waals surface area contributed by atoms with Crippen LogP contribution in [0.25, 0.3) is 49.9 Å². The zero-order valence-corrected chi connectivity index (χ0v) is 43.5. The minimum absolute atomic E-state index is 0. The van der Waals surface area contributed by atoms with Crippen molar-refractivity contribution in [2.45, 2.75) is 72.1 Å². The Hall–Kier alpha value is -7.12. The van der Waals surface area contributed by atoms with E-state index in [1.165, 1.54) is 23.7 Å². The smallest absolute Gasteiger partial charge is 0.200 e. The van der Waals surface area contributed by atoms with E-state index in [0.717, 1.165) is 38.9 Å². The number of anilines is 4. The molecule has 10 rings (SSSR count). The van der Waals surface area contributed by atoms with Crippen molar-refractivity contribution in [1.29, 1.82) is 0 Å². The molecule has 0 amide bonds. The first-order chi connectivity index (χ1) is 35.3. The number of benzene rings is 7. The Morgan fingerprint density at radius 3 is 1.63 bits per heavy atom. The van der Waals surface area contributed by atoms with Crippen LogP contribution in [0.15, 0.2) is 103 Å². The van der Waals surface area contributed by atoms with Gasteiger partial charge < -0.3 is 19.1 Å². The summed E-state index contributed by atoms with van der Waals surface area (Å²) in [5.41, 5.74) is -3.66. The summed E-state index contributed by atoms with van der Waals surface area (Å²) >= 11 is 0. The molecule has 0 spiro atoms. The molecular weight excluding hydrogens is 1170 g/mol. The predicted octanol–water partition coefficient (Wildman–Crippen LogP) is 17.4. The van der Waals surface area contributed by atoms with Crippen LogP contribution in [0.2, 0.25) is 0 Å². The van der Waals surface area contributed by atoms with E-state index in [-0.39, 0.29) is 60.6 Å². The van der Waals surface area contributed by atoms with Gasteiger partial charge in [-0.05, 0) is 75.7 Å². The second-order valence-electron chi connectivity index (χ2n) is 20.2. The van der Waals surface area contributed by atoms with E-state index in [1.54, 1.807) is 71.1 Å². The van der Waals surface area contributed by atoms with Gasteiger partial charge in [-0.15, -0.1) is 53.6 Å². The third-order valence-electron chi connectivity index (χ3n) is 13.1. The van der Waals surface area contributed by atoms with E-state index < -0.39 is 97.4 Å². The summed E-state index contributed by atoms with van der Waals surface area (Å²) < 4.78 is 173. The first-order valence-corrected chi connectivity index (χ1v) is 23.2. The molecule has 0 saturated heterocycles. The second kappa shape index (κ2) is 19.2. The molecule has 0 fully saturated rings. The molecule has 16 heteroatoms. The van der Waals surface area contributed by atoms with Crippen LogP contribution in [0.1, 0.15) is 79.3 Å². The van der Waals surface area contributed by atoms with E-state index in [9.17, 15) is 8.78 Å². The Kier molecular flexibility index (Phi) is 13.2. The van der Waals surface area contributed by atoms with Gasteiger partial charge >= 0.3 is 0 Å². The van der Waals surface area contributed by atoms with Gasteiger partial charge in [-0.2, -0.15) is 6.07 Å². The van der Waals surface area contributed by atoms with Gasteiger partial charge in [-0.3, -0.25) is 0 Å². The number of ether oxygens (including phenoxy) is 1. The minimum atomic E-state index is -2.50. The van der Waals surface area contributed by atoms with E-state index >= 15 is 35.1 Å². The summed E-state index contributed by atoms with van der Waals surface area (Å²) in [5.74, 6) is -24.2. The molecule has 0 N–H and O–H groups in total. The van der Waals surface area contributed by atoms with E-state index in [4.69, 9.17) is 11.1 Å². The number of hydrogen-bond acceptors (Lipinski definition) is 4. The normalized spacial score (nSPS) is 13.2. The van der Waals surface area contributed by atoms with Gasteiger partial charge in [0.05, 0.1) is 11.1 Å². The third kappa shape index (κ3) is 8.90. The number of para-hydroxylation sites is 3. The molecule has 0 aliphatic carbocycles. The second-order valence-corrected chi connectivity index (χ2v) is 20.2. The van der Waals surface area contributed by atoms with Crippen molar-refractivity contribution in [1.82, 2.24) is 9.55 Å². The Labute approximate surface area is 441 Å². The maximum Gasteiger partial charge on any atom is 0.200 e. The third-order valence-corrected chi connectivity index (χ3v) is 13.1. The fourth-order valence-corrected chi connectivity index (χ4v) is 9.17. The Balaban J connectivity index is 0.00000706. The largest absolute Gasteiger partial charge is 0.509 e. The van der Waals surface area contributed by atoms with Gasteiger partial charge in [0, 0.05) is 73.8 Å². The number of aromatic nitrogens is 2. The number of fused-ring (bicyclic) bond motifs is 4. The van der Waals surface area contributed by atoms with Crippen molar-refractivity contribution in [2.24, 2.45) is 0 Å². The summed E-state index contributed by atoms with van der Waals surface area (Å²) in [6.07, 6.45) is 1.75. The van der Waals surface area contributed by atoms with Crippen molar-refractivity contribution in [3.8, 4) is 39.6 Å². The van der Waals surface area contributed by atoms with Crippen LogP contribution in [0.4, 0.5) is 66.7 Å². The van der Waals surface area contributed by atoms with Crippen LogP contribution < -0.4 is 14.5 Å². The summed E-state index contributed by atoms with van der Waals surface area (Å²) in [7, 11) is 0. The van der Waals surface area contributed by atoms with Gasteiger partial charge in [0.2, 0.25) is 11.6 Å². The molecular formula is C59H43F10N4OPt-3. The van der Waals surface area contributed by atoms with Gasteiger partial charge in [-0.1, -0.05) is 91.2 Å². The number of nitrogens with zero attached hydrogens (tertiary/aromatic N) is 4. The zero-order chi connectivity index (χ0) is 54.0. The van der Waals surface area contributed by atoms with Crippen molar-refractivity contribution < 1.29 is 71.1 Å². The molecule has 1 aliphatic rings. The first kappa shape index (κ1) is 51.4. The molecule has 9 aromatic rings. The van der Waals surface area contributed by atoms with Crippen LogP contribution in [0, 0.1) is 77.0 Å². The van der Waals surface area contributed by atoms with E-state index in [2.05, 4.69) is 32.9 Å². The number of halogens is 10. The molecule has 3 heterocycles. The molecule has 0 bridgehead atoms. The van der Waals surface area contributed by atoms with Gasteiger partial charge in [0.15, 0.2) is 46.5 Å². The minimum Gasteiger partial charge on any atom is -0.509 e. The number of pyridine rings is 1. The summed E-state index contributed by atoms with van der Waals surface area (Å²) in [6, 6.07) is 33.3. The molecule has 0 radical (unpaired) electrons.